The van der Waals surface area contributed by atoms with Crippen molar-refractivity contribution in [3.05, 3.63) is 80.4 Å². The van der Waals surface area contributed by atoms with Gasteiger partial charge in [-0.15, -0.1) is 0 Å². The van der Waals surface area contributed by atoms with Gasteiger partial charge in [-0.1, -0.05) is 47.5 Å². The van der Waals surface area contributed by atoms with E-state index in [2.05, 4.69) is 26.3 Å². The molecule has 0 aliphatic carbocycles. The number of aryl methyl sites for hydroxylation is 2. The van der Waals surface area contributed by atoms with E-state index in [9.17, 15) is 4.79 Å². The van der Waals surface area contributed by atoms with Crippen molar-refractivity contribution in [3.63, 3.8) is 0 Å². The Balaban J connectivity index is 1.78. The lowest BCUT2D eigenvalue weighted by Crippen LogP contribution is -2.14. The predicted molar refractivity (Wildman–Crippen MR) is 104 cm³/mol. The third kappa shape index (κ3) is 4.11. The predicted octanol–water partition coefficient (Wildman–Crippen LogP) is 5.22. The highest BCUT2D eigenvalue weighted by Crippen LogP contribution is 2.23. The summed E-state index contributed by atoms with van der Waals surface area (Å²) in [7, 11) is 0. The summed E-state index contributed by atoms with van der Waals surface area (Å²) in [6.45, 7) is 4.45. The highest BCUT2D eigenvalue weighted by atomic mass is 79.9. The van der Waals surface area contributed by atoms with Crippen LogP contribution in [0.15, 0.2) is 53.1 Å². The second-order valence-electron chi connectivity index (χ2n) is 5.89. The van der Waals surface area contributed by atoms with Crippen LogP contribution in [0.5, 0.6) is 0 Å². The second kappa shape index (κ2) is 7.42. The fraction of sp³-hybridized carbons (Fsp3) is 0.158. The van der Waals surface area contributed by atoms with Crippen molar-refractivity contribution in [1.29, 1.82) is 0 Å². The van der Waals surface area contributed by atoms with Gasteiger partial charge in [0.1, 0.15) is 0 Å². The largest absolute Gasteiger partial charge is 0.304 e. The molecule has 1 N–H and O–H groups in total. The molecule has 1 heterocycles. The molecule has 6 heteroatoms. The molecule has 3 rings (SSSR count). The van der Waals surface area contributed by atoms with Gasteiger partial charge in [-0.3, -0.25) is 9.48 Å². The maximum absolute atomic E-state index is 12.5. The average Bonchev–Trinajstić information content (AvgIpc) is 2.89. The average molecular weight is 419 g/mol. The number of hydrogen-bond acceptors (Lipinski definition) is 2. The summed E-state index contributed by atoms with van der Waals surface area (Å²) in [5.41, 5.74) is 3.66. The van der Waals surface area contributed by atoms with Crippen LogP contribution in [-0.2, 0) is 6.54 Å². The maximum atomic E-state index is 12.5. The minimum Gasteiger partial charge on any atom is -0.304 e. The molecular weight excluding hydrogens is 402 g/mol. The summed E-state index contributed by atoms with van der Waals surface area (Å²) in [4.78, 5) is 12.5. The summed E-state index contributed by atoms with van der Waals surface area (Å²) >= 11 is 9.64. The van der Waals surface area contributed by atoms with E-state index < -0.39 is 0 Å². The Labute approximate surface area is 159 Å². The minimum absolute atomic E-state index is 0.179. The van der Waals surface area contributed by atoms with Crippen LogP contribution >= 0.6 is 27.5 Å². The number of amides is 1. The number of aromatic nitrogens is 2. The van der Waals surface area contributed by atoms with E-state index in [-0.39, 0.29) is 5.91 Å². The first-order valence-electron chi connectivity index (χ1n) is 7.79. The summed E-state index contributed by atoms with van der Waals surface area (Å²) < 4.78 is 2.46. The molecule has 0 radical (unpaired) electrons. The van der Waals surface area contributed by atoms with E-state index >= 15 is 0 Å². The van der Waals surface area contributed by atoms with Gasteiger partial charge in [-0.25, -0.2) is 0 Å². The number of rotatable bonds is 4. The first-order valence-corrected chi connectivity index (χ1v) is 8.96. The van der Waals surface area contributed by atoms with Gasteiger partial charge in [-0.2, -0.15) is 5.10 Å². The SMILES string of the molecule is Cc1ccc(C(=O)Nc2nn(Cc3ccccc3Cl)cc2Br)c(C)c1. The van der Waals surface area contributed by atoms with Gasteiger partial charge in [0.05, 0.1) is 11.0 Å². The van der Waals surface area contributed by atoms with E-state index in [4.69, 9.17) is 11.6 Å². The van der Waals surface area contributed by atoms with Gasteiger partial charge in [0.25, 0.3) is 5.91 Å². The van der Waals surface area contributed by atoms with Gasteiger partial charge >= 0.3 is 0 Å². The van der Waals surface area contributed by atoms with Gasteiger partial charge < -0.3 is 5.32 Å². The van der Waals surface area contributed by atoms with Crippen LogP contribution in [0, 0.1) is 13.8 Å². The number of carbonyl (C=O) groups is 1. The fourth-order valence-corrected chi connectivity index (χ4v) is 3.22. The van der Waals surface area contributed by atoms with E-state index in [0.29, 0.717) is 22.9 Å². The highest BCUT2D eigenvalue weighted by molar-refractivity contribution is 9.10. The Kier molecular flexibility index (Phi) is 5.25. The number of anilines is 1. The molecule has 0 saturated carbocycles. The van der Waals surface area contributed by atoms with Crippen LogP contribution in [0.25, 0.3) is 0 Å². The summed E-state index contributed by atoms with van der Waals surface area (Å²) in [5, 5.41) is 7.98. The molecule has 3 aromatic rings. The number of hydrogen-bond donors (Lipinski definition) is 1. The van der Waals surface area contributed by atoms with Gasteiger partial charge in [0, 0.05) is 16.8 Å². The molecule has 0 bridgehead atoms. The van der Waals surface area contributed by atoms with Crippen LogP contribution in [0.2, 0.25) is 5.02 Å². The van der Waals surface area contributed by atoms with Crippen molar-refractivity contribution >= 4 is 39.3 Å². The lowest BCUT2D eigenvalue weighted by atomic mass is 10.1. The number of benzene rings is 2. The molecular formula is C19H17BrClN3O. The minimum atomic E-state index is -0.179. The quantitative estimate of drug-likeness (QED) is 0.631. The molecule has 0 saturated heterocycles. The van der Waals surface area contributed by atoms with Crippen molar-refractivity contribution in [2.75, 3.05) is 5.32 Å². The Morgan fingerprint density at radius 1 is 1.24 bits per heavy atom. The first-order chi connectivity index (χ1) is 11.9. The van der Waals surface area contributed by atoms with Crippen LogP contribution in [0.1, 0.15) is 27.0 Å². The van der Waals surface area contributed by atoms with Gasteiger partial charge in [-0.05, 0) is 53.0 Å². The molecule has 0 atom stereocenters. The zero-order valence-electron chi connectivity index (χ0n) is 13.9. The molecule has 0 unspecified atom stereocenters. The molecule has 0 aliphatic rings. The van der Waals surface area contributed by atoms with Gasteiger partial charge in [0.15, 0.2) is 5.82 Å². The third-order valence-corrected chi connectivity index (χ3v) is 4.81. The molecule has 0 spiro atoms. The van der Waals surface area contributed by atoms with E-state index in [1.807, 2.05) is 62.5 Å². The molecule has 0 aliphatic heterocycles. The summed E-state index contributed by atoms with van der Waals surface area (Å²) in [6, 6.07) is 13.4. The van der Waals surface area contributed by atoms with E-state index in [1.165, 1.54) is 0 Å². The topological polar surface area (TPSA) is 46.9 Å². The van der Waals surface area contributed by atoms with Crippen molar-refractivity contribution in [3.8, 4) is 0 Å². The fourth-order valence-electron chi connectivity index (χ4n) is 2.61. The van der Waals surface area contributed by atoms with Crippen LogP contribution in [0.4, 0.5) is 5.82 Å². The van der Waals surface area contributed by atoms with Crippen molar-refractivity contribution in [2.45, 2.75) is 20.4 Å². The van der Waals surface area contributed by atoms with Crippen molar-refractivity contribution < 1.29 is 4.79 Å². The maximum Gasteiger partial charge on any atom is 0.257 e. The number of halogens is 2. The molecule has 25 heavy (non-hydrogen) atoms. The number of nitrogens with zero attached hydrogens (tertiary/aromatic N) is 2. The third-order valence-electron chi connectivity index (χ3n) is 3.87. The van der Waals surface area contributed by atoms with E-state index in [1.54, 1.807) is 4.68 Å². The molecule has 128 valence electrons. The number of carbonyl (C=O) groups excluding carboxylic acids is 1. The first kappa shape index (κ1) is 17.7. The lowest BCUT2D eigenvalue weighted by molar-refractivity contribution is 0.102. The van der Waals surface area contributed by atoms with Crippen molar-refractivity contribution in [2.24, 2.45) is 0 Å². The van der Waals surface area contributed by atoms with E-state index in [0.717, 1.165) is 21.2 Å². The zero-order chi connectivity index (χ0) is 18.0. The Bertz CT molecular complexity index is 936. The van der Waals surface area contributed by atoms with Crippen LogP contribution in [-0.4, -0.2) is 15.7 Å². The van der Waals surface area contributed by atoms with Crippen LogP contribution in [0.3, 0.4) is 0 Å². The lowest BCUT2D eigenvalue weighted by Gasteiger charge is -2.07. The molecule has 1 aromatic heterocycles. The number of nitrogens with one attached hydrogen (secondary N) is 1. The highest BCUT2D eigenvalue weighted by Gasteiger charge is 2.14. The molecule has 1 amide bonds. The zero-order valence-corrected chi connectivity index (χ0v) is 16.2. The molecule has 2 aromatic carbocycles. The standard InChI is InChI=1S/C19H17BrClN3O/c1-12-7-8-15(13(2)9-12)19(25)22-18-16(20)11-24(23-18)10-14-5-3-4-6-17(14)21/h3-9,11H,10H2,1-2H3,(H,22,23,25). The summed E-state index contributed by atoms with van der Waals surface area (Å²) in [6.07, 6.45) is 1.82. The summed E-state index contributed by atoms with van der Waals surface area (Å²) in [5.74, 6) is 0.304. The van der Waals surface area contributed by atoms with Crippen molar-refractivity contribution in [1.82, 2.24) is 9.78 Å². The van der Waals surface area contributed by atoms with Crippen LogP contribution < -0.4 is 5.32 Å². The van der Waals surface area contributed by atoms with Gasteiger partial charge in [0.2, 0.25) is 0 Å². The molecule has 0 fully saturated rings. The smallest absolute Gasteiger partial charge is 0.257 e. The second-order valence-corrected chi connectivity index (χ2v) is 7.15. The molecule has 4 nitrogen and oxygen atoms in total. The Morgan fingerprint density at radius 2 is 2.00 bits per heavy atom. The Morgan fingerprint density at radius 3 is 2.72 bits per heavy atom. The normalized spacial score (nSPS) is 10.7. The monoisotopic (exact) mass is 417 g/mol. The Hall–Kier alpha value is -2.11.